The van der Waals surface area contributed by atoms with Crippen LogP contribution in [0.4, 0.5) is 0 Å². The summed E-state index contributed by atoms with van der Waals surface area (Å²) in [5, 5.41) is 0. The predicted octanol–water partition coefficient (Wildman–Crippen LogP) is 1.27. The number of hydrogen-bond acceptors (Lipinski definition) is 2. The monoisotopic (exact) mass is 126 g/mol. The van der Waals surface area contributed by atoms with Gasteiger partial charge in [-0.25, -0.2) is 0 Å². The first-order valence-electron chi connectivity index (χ1n) is 3.19. The van der Waals surface area contributed by atoms with Crippen LogP contribution in [0.2, 0.25) is 0 Å². The highest BCUT2D eigenvalue weighted by Gasteiger charge is 2.10. The van der Waals surface area contributed by atoms with Crippen molar-refractivity contribution in [3.63, 3.8) is 0 Å². The fourth-order valence-corrected chi connectivity index (χ4v) is 0.817. The zero-order valence-electron chi connectivity index (χ0n) is 5.52. The molecule has 0 fully saturated rings. The van der Waals surface area contributed by atoms with Gasteiger partial charge in [-0.2, -0.15) is 0 Å². The van der Waals surface area contributed by atoms with Crippen molar-refractivity contribution < 1.29 is 9.53 Å². The van der Waals surface area contributed by atoms with E-state index in [4.69, 9.17) is 4.74 Å². The van der Waals surface area contributed by atoms with Crippen LogP contribution in [0.3, 0.4) is 0 Å². The molecule has 1 aliphatic heterocycles. The lowest BCUT2D eigenvalue weighted by atomic mass is 10.3. The van der Waals surface area contributed by atoms with Crippen molar-refractivity contribution >= 4 is 5.78 Å². The van der Waals surface area contributed by atoms with E-state index in [-0.39, 0.29) is 12.4 Å². The minimum atomic E-state index is 0.0958. The molecule has 0 spiro atoms. The van der Waals surface area contributed by atoms with Crippen LogP contribution >= 0.6 is 0 Å². The molecule has 9 heavy (non-hydrogen) atoms. The Balaban J connectivity index is 2.42. The highest BCUT2D eigenvalue weighted by molar-refractivity contribution is 5.92. The maximum atomic E-state index is 10.5. The predicted molar refractivity (Wildman–Crippen MR) is 33.9 cm³/mol. The molecule has 0 aliphatic carbocycles. The molecule has 0 aromatic carbocycles. The molecule has 1 rings (SSSR count). The van der Waals surface area contributed by atoms with E-state index in [1.165, 1.54) is 0 Å². The molecule has 0 radical (unpaired) electrons. The average molecular weight is 126 g/mol. The van der Waals surface area contributed by atoms with Gasteiger partial charge in [0.15, 0.2) is 12.4 Å². The summed E-state index contributed by atoms with van der Waals surface area (Å²) in [6.07, 6.45) is 3.52. The number of hydrogen-bond donors (Lipinski definition) is 0. The van der Waals surface area contributed by atoms with Crippen LogP contribution in [0, 0.1) is 0 Å². The molecule has 0 aromatic heterocycles. The first-order valence-corrected chi connectivity index (χ1v) is 3.19. The van der Waals surface area contributed by atoms with Crippen LogP contribution in [-0.2, 0) is 9.53 Å². The zero-order valence-corrected chi connectivity index (χ0v) is 5.52. The van der Waals surface area contributed by atoms with E-state index in [0.717, 1.165) is 18.6 Å². The van der Waals surface area contributed by atoms with Gasteiger partial charge >= 0.3 is 0 Å². The van der Waals surface area contributed by atoms with E-state index in [1.807, 2.05) is 0 Å². The van der Waals surface area contributed by atoms with Crippen LogP contribution in [0.1, 0.15) is 19.8 Å². The summed E-state index contributed by atoms with van der Waals surface area (Å²) in [4.78, 5) is 10.5. The summed E-state index contributed by atoms with van der Waals surface area (Å²) < 4.78 is 5.02. The summed E-state index contributed by atoms with van der Waals surface area (Å²) in [5.41, 5.74) is 0. The molecule has 0 aromatic rings. The normalized spacial score (nSPS) is 17.4. The summed E-state index contributed by atoms with van der Waals surface area (Å²) in [6.45, 7) is 2.32. The highest BCUT2D eigenvalue weighted by atomic mass is 16.5. The maximum Gasteiger partial charge on any atom is 0.196 e. The minimum absolute atomic E-state index is 0.0958. The molecule has 1 aliphatic rings. The number of ketones is 1. The third-order valence-corrected chi connectivity index (χ3v) is 1.22. The van der Waals surface area contributed by atoms with E-state index < -0.39 is 0 Å². The van der Waals surface area contributed by atoms with Crippen molar-refractivity contribution in [2.45, 2.75) is 19.8 Å². The lowest BCUT2D eigenvalue weighted by Gasteiger charge is -1.97. The van der Waals surface area contributed by atoms with Crippen LogP contribution in [0.25, 0.3) is 0 Å². The second kappa shape index (κ2) is 2.67. The van der Waals surface area contributed by atoms with Gasteiger partial charge in [0.1, 0.15) is 5.76 Å². The van der Waals surface area contributed by atoms with E-state index in [0.29, 0.717) is 0 Å². The topological polar surface area (TPSA) is 26.3 Å². The number of carbonyl (C=O) groups excluding carboxylic acids is 1. The quantitative estimate of drug-likeness (QED) is 0.557. The number of rotatable bonds is 2. The van der Waals surface area contributed by atoms with Crippen LogP contribution in [0.15, 0.2) is 11.8 Å². The van der Waals surface area contributed by atoms with Gasteiger partial charge in [-0.05, 0) is 6.42 Å². The molecular formula is C7H10O2. The Bertz CT molecular complexity index is 147. The first kappa shape index (κ1) is 6.33. The SMILES string of the molecule is CCCC1=CC(=O)CO1. The van der Waals surface area contributed by atoms with Gasteiger partial charge in [0, 0.05) is 12.5 Å². The molecule has 50 valence electrons. The smallest absolute Gasteiger partial charge is 0.196 e. The van der Waals surface area contributed by atoms with E-state index >= 15 is 0 Å². The third-order valence-electron chi connectivity index (χ3n) is 1.22. The van der Waals surface area contributed by atoms with Crippen molar-refractivity contribution in [2.24, 2.45) is 0 Å². The summed E-state index contributed by atoms with van der Waals surface area (Å²) in [6, 6.07) is 0. The molecule has 0 saturated carbocycles. The van der Waals surface area contributed by atoms with Crippen molar-refractivity contribution in [1.29, 1.82) is 0 Å². The largest absolute Gasteiger partial charge is 0.490 e. The fraction of sp³-hybridized carbons (Fsp3) is 0.571. The molecule has 0 N–H and O–H groups in total. The van der Waals surface area contributed by atoms with Gasteiger partial charge < -0.3 is 4.74 Å². The standard InChI is InChI=1S/C7H10O2/c1-2-3-7-4-6(8)5-9-7/h4H,2-3,5H2,1H3. The third kappa shape index (κ3) is 1.56. The average Bonchev–Trinajstić information content (AvgIpc) is 2.17. The van der Waals surface area contributed by atoms with E-state index in [1.54, 1.807) is 6.08 Å². The van der Waals surface area contributed by atoms with Crippen molar-refractivity contribution in [3.05, 3.63) is 11.8 Å². The van der Waals surface area contributed by atoms with Gasteiger partial charge in [0.05, 0.1) is 0 Å². The Kier molecular flexibility index (Phi) is 1.88. The van der Waals surface area contributed by atoms with Crippen LogP contribution in [-0.4, -0.2) is 12.4 Å². The Hall–Kier alpha value is -0.790. The minimum Gasteiger partial charge on any atom is -0.490 e. The van der Waals surface area contributed by atoms with Crippen molar-refractivity contribution in [2.75, 3.05) is 6.61 Å². The molecule has 2 heteroatoms. The summed E-state index contributed by atoms with van der Waals surface area (Å²) >= 11 is 0. The molecule has 0 bridgehead atoms. The van der Waals surface area contributed by atoms with Gasteiger partial charge in [-0.3, -0.25) is 4.79 Å². The molecule has 0 atom stereocenters. The Morgan fingerprint density at radius 1 is 1.78 bits per heavy atom. The van der Waals surface area contributed by atoms with Crippen molar-refractivity contribution in [3.8, 4) is 0 Å². The number of ether oxygens (including phenoxy) is 1. The fourth-order valence-electron chi connectivity index (χ4n) is 0.817. The van der Waals surface area contributed by atoms with Gasteiger partial charge in [0.2, 0.25) is 0 Å². The molecule has 0 amide bonds. The molecule has 1 heterocycles. The molecular weight excluding hydrogens is 116 g/mol. The summed E-state index contributed by atoms with van der Waals surface area (Å²) in [7, 11) is 0. The lowest BCUT2D eigenvalue weighted by Crippen LogP contribution is -1.92. The molecule has 0 saturated heterocycles. The second-order valence-corrected chi connectivity index (χ2v) is 2.12. The number of allylic oxidation sites excluding steroid dienone is 1. The van der Waals surface area contributed by atoms with Gasteiger partial charge in [0.25, 0.3) is 0 Å². The van der Waals surface area contributed by atoms with Gasteiger partial charge in [-0.15, -0.1) is 0 Å². The van der Waals surface area contributed by atoms with Gasteiger partial charge in [-0.1, -0.05) is 6.92 Å². The molecule has 0 unspecified atom stereocenters. The Morgan fingerprint density at radius 3 is 3.00 bits per heavy atom. The van der Waals surface area contributed by atoms with Crippen LogP contribution < -0.4 is 0 Å². The number of carbonyl (C=O) groups is 1. The molecule has 2 nitrogen and oxygen atoms in total. The first-order chi connectivity index (χ1) is 4.33. The van der Waals surface area contributed by atoms with E-state index in [2.05, 4.69) is 6.92 Å². The Morgan fingerprint density at radius 2 is 2.56 bits per heavy atom. The van der Waals surface area contributed by atoms with Crippen molar-refractivity contribution in [1.82, 2.24) is 0 Å². The lowest BCUT2D eigenvalue weighted by molar-refractivity contribution is -0.115. The van der Waals surface area contributed by atoms with Crippen LogP contribution in [0.5, 0.6) is 0 Å². The maximum absolute atomic E-state index is 10.5. The zero-order chi connectivity index (χ0) is 6.69. The summed E-state index contributed by atoms with van der Waals surface area (Å²) in [5.74, 6) is 0.945. The highest BCUT2D eigenvalue weighted by Crippen LogP contribution is 2.11. The second-order valence-electron chi connectivity index (χ2n) is 2.12. The van der Waals surface area contributed by atoms with E-state index in [9.17, 15) is 4.79 Å². The Labute approximate surface area is 54.5 Å².